The first-order valence-corrected chi connectivity index (χ1v) is 3.89. The van der Waals surface area contributed by atoms with Gasteiger partial charge >= 0.3 is 0 Å². The minimum absolute atomic E-state index is 0. The molecule has 0 N–H and O–H groups in total. The van der Waals surface area contributed by atoms with Crippen molar-refractivity contribution in [3.05, 3.63) is 0 Å². The van der Waals surface area contributed by atoms with Gasteiger partial charge in [0.2, 0.25) is 0 Å². The molecule has 0 radical (unpaired) electrons. The van der Waals surface area contributed by atoms with E-state index in [0.29, 0.717) is 0 Å². The Bertz CT molecular complexity index is 83.8. The maximum atomic E-state index is 4.92. The number of nitrogens with zero attached hydrogens (tertiary/aromatic N) is 2. The second-order valence-electron chi connectivity index (χ2n) is 2.55. The molecule has 0 aromatic heterocycles. The molecule has 0 aromatic carbocycles. The van der Waals surface area contributed by atoms with Crippen molar-refractivity contribution < 1.29 is 21.1 Å². The normalized spacial score (nSPS) is 22.2. The minimum atomic E-state index is 0. The smallest absolute Gasteiger partial charge is 0.0106 e. The van der Waals surface area contributed by atoms with Gasteiger partial charge in [0.1, 0.15) is 0 Å². The summed E-state index contributed by atoms with van der Waals surface area (Å²) < 4.78 is 0. The molecule has 0 bridgehead atoms. The molecular formula is C6H13N2SW-. The fraction of sp³-hybridized carbons (Fsp3) is 1.00. The van der Waals surface area contributed by atoms with Crippen LogP contribution in [-0.4, -0.2) is 48.9 Å². The Hall–Kier alpha value is 0.958. The second kappa shape index (κ2) is 5.59. The predicted molar refractivity (Wildman–Crippen MR) is 41.3 cm³/mol. The molecule has 0 spiro atoms. The number of hydrogen-bond donors (Lipinski definition) is 0. The summed E-state index contributed by atoms with van der Waals surface area (Å²) in [7, 11) is 2.15. The van der Waals surface area contributed by atoms with Gasteiger partial charge in [0.05, 0.1) is 0 Å². The first-order valence-electron chi connectivity index (χ1n) is 3.32. The SMILES string of the molecule is CN1CCN(C[S-])CC1.[W]. The van der Waals surface area contributed by atoms with Crippen LogP contribution in [0.25, 0.3) is 0 Å². The van der Waals surface area contributed by atoms with Gasteiger partial charge in [0.15, 0.2) is 0 Å². The first kappa shape index (κ1) is 11.0. The van der Waals surface area contributed by atoms with Crippen LogP contribution in [0.3, 0.4) is 0 Å². The van der Waals surface area contributed by atoms with Crippen molar-refractivity contribution in [2.45, 2.75) is 0 Å². The molecule has 0 unspecified atom stereocenters. The van der Waals surface area contributed by atoms with Crippen molar-refractivity contribution in [1.29, 1.82) is 0 Å². The van der Waals surface area contributed by atoms with Gasteiger partial charge in [-0.25, -0.2) is 0 Å². The zero-order valence-corrected chi connectivity index (χ0v) is 10.00. The maximum absolute atomic E-state index is 4.92. The van der Waals surface area contributed by atoms with E-state index in [4.69, 9.17) is 12.6 Å². The Balaban J connectivity index is 0.000000810. The summed E-state index contributed by atoms with van der Waals surface area (Å²) in [5, 5.41) is 0. The second-order valence-corrected chi connectivity index (χ2v) is 2.81. The van der Waals surface area contributed by atoms with Gasteiger partial charge in [-0.3, -0.25) is 0 Å². The van der Waals surface area contributed by atoms with Gasteiger partial charge in [0, 0.05) is 47.2 Å². The van der Waals surface area contributed by atoms with Crippen molar-refractivity contribution in [3.63, 3.8) is 0 Å². The van der Waals surface area contributed by atoms with Crippen LogP contribution in [0.15, 0.2) is 0 Å². The van der Waals surface area contributed by atoms with Crippen LogP contribution in [0.2, 0.25) is 0 Å². The quantitative estimate of drug-likeness (QED) is 0.612. The van der Waals surface area contributed by atoms with Gasteiger partial charge in [-0.15, -0.1) is 5.88 Å². The topological polar surface area (TPSA) is 6.48 Å². The molecule has 1 saturated heterocycles. The van der Waals surface area contributed by atoms with Crippen molar-refractivity contribution in [2.24, 2.45) is 0 Å². The molecule has 0 aliphatic carbocycles. The van der Waals surface area contributed by atoms with Gasteiger partial charge < -0.3 is 22.4 Å². The molecule has 2 nitrogen and oxygen atoms in total. The average molecular weight is 329 g/mol. The van der Waals surface area contributed by atoms with Crippen LogP contribution in [-0.2, 0) is 33.7 Å². The molecule has 1 aliphatic heterocycles. The Labute approximate surface area is 82.6 Å². The van der Waals surface area contributed by atoms with Crippen LogP contribution in [0.4, 0.5) is 0 Å². The minimum Gasteiger partial charge on any atom is -0.777 e. The van der Waals surface area contributed by atoms with Crippen molar-refractivity contribution >= 4 is 12.6 Å². The number of piperazine rings is 1. The van der Waals surface area contributed by atoms with Crippen LogP contribution >= 0.6 is 0 Å². The van der Waals surface area contributed by atoms with Crippen LogP contribution in [0.5, 0.6) is 0 Å². The Kier molecular flexibility index (Phi) is 6.12. The van der Waals surface area contributed by atoms with E-state index in [0.717, 1.165) is 19.0 Å². The molecule has 1 heterocycles. The third-order valence-corrected chi connectivity index (χ3v) is 2.14. The third kappa shape index (κ3) is 3.38. The van der Waals surface area contributed by atoms with Crippen molar-refractivity contribution in [2.75, 3.05) is 39.1 Å². The zero-order chi connectivity index (χ0) is 6.69. The Morgan fingerprint density at radius 2 is 1.70 bits per heavy atom. The van der Waals surface area contributed by atoms with E-state index < -0.39 is 0 Å². The predicted octanol–water partition coefficient (Wildman–Crippen LogP) is -0.264. The summed E-state index contributed by atoms with van der Waals surface area (Å²) in [5.41, 5.74) is 0. The summed E-state index contributed by atoms with van der Waals surface area (Å²) in [6.45, 7) is 4.66. The average Bonchev–Trinajstić information content (AvgIpc) is 1.90. The summed E-state index contributed by atoms with van der Waals surface area (Å²) >= 11 is 4.92. The number of rotatable bonds is 1. The van der Waals surface area contributed by atoms with E-state index in [-0.39, 0.29) is 21.1 Å². The maximum Gasteiger partial charge on any atom is 0.0106 e. The van der Waals surface area contributed by atoms with E-state index in [2.05, 4.69) is 16.8 Å². The van der Waals surface area contributed by atoms with E-state index in [9.17, 15) is 0 Å². The third-order valence-electron chi connectivity index (χ3n) is 1.78. The molecular weight excluding hydrogens is 316 g/mol. The van der Waals surface area contributed by atoms with Gasteiger partial charge in [0.25, 0.3) is 0 Å². The van der Waals surface area contributed by atoms with Crippen LogP contribution in [0, 0.1) is 0 Å². The molecule has 4 heteroatoms. The fourth-order valence-electron chi connectivity index (χ4n) is 0.977. The molecule has 0 amide bonds. The van der Waals surface area contributed by atoms with Crippen LogP contribution < -0.4 is 0 Å². The van der Waals surface area contributed by atoms with Crippen molar-refractivity contribution in [3.8, 4) is 0 Å². The molecule has 0 saturated carbocycles. The summed E-state index contributed by atoms with van der Waals surface area (Å²) in [6, 6.07) is 0. The van der Waals surface area contributed by atoms with E-state index >= 15 is 0 Å². The van der Waals surface area contributed by atoms with E-state index in [1.165, 1.54) is 13.1 Å². The Morgan fingerprint density at radius 3 is 2.10 bits per heavy atom. The fourth-order valence-corrected chi connectivity index (χ4v) is 1.24. The summed E-state index contributed by atoms with van der Waals surface area (Å²) in [5.74, 6) is 0.799. The monoisotopic (exact) mass is 329 g/mol. The van der Waals surface area contributed by atoms with Gasteiger partial charge in [-0.05, 0) is 7.05 Å². The molecule has 60 valence electrons. The molecule has 1 aliphatic rings. The largest absolute Gasteiger partial charge is 0.777 e. The van der Waals surface area contributed by atoms with E-state index in [1.54, 1.807) is 0 Å². The molecule has 0 atom stereocenters. The van der Waals surface area contributed by atoms with Crippen molar-refractivity contribution in [1.82, 2.24) is 9.80 Å². The molecule has 1 fully saturated rings. The summed E-state index contributed by atoms with van der Waals surface area (Å²) in [4.78, 5) is 4.64. The Morgan fingerprint density at radius 1 is 1.20 bits per heavy atom. The first-order chi connectivity index (χ1) is 4.33. The molecule has 10 heavy (non-hydrogen) atoms. The number of hydrogen-bond acceptors (Lipinski definition) is 3. The standard InChI is InChI=1S/C6H14N2S.W/c1-7-2-4-8(6-9)5-3-7;/h9H,2-6H2,1H3;/p-1. The summed E-state index contributed by atoms with van der Waals surface area (Å²) in [6.07, 6.45) is 0. The van der Waals surface area contributed by atoms with Crippen LogP contribution in [0.1, 0.15) is 0 Å². The zero-order valence-electron chi connectivity index (χ0n) is 6.25. The molecule has 1 rings (SSSR count). The van der Waals surface area contributed by atoms with E-state index in [1.807, 2.05) is 0 Å². The van der Waals surface area contributed by atoms with Gasteiger partial charge in [-0.2, -0.15) is 0 Å². The molecule has 0 aromatic rings. The van der Waals surface area contributed by atoms with Gasteiger partial charge in [-0.1, -0.05) is 0 Å². The number of likely N-dealkylation sites (N-methyl/N-ethyl adjacent to an activating group) is 1.